The minimum absolute atomic E-state index is 0.0563. The van der Waals surface area contributed by atoms with E-state index in [1.807, 2.05) is 0 Å². The standard InChI is InChI=1S/C18H28N2O/c1-13-12-20(4)9-8-16(13)19-11-15-7-5-6-14-10-18(2,3)21-17(14)15/h5-7,13,16,19H,8-12H2,1-4H3. The molecule has 1 fully saturated rings. The monoisotopic (exact) mass is 288 g/mol. The number of hydrogen-bond donors (Lipinski definition) is 1. The molecule has 0 saturated carbocycles. The van der Waals surface area contributed by atoms with Gasteiger partial charge in [0.15, 0.2) is 0 Å². The number of nitrogens with one attached hydrogen (secondary N) is 1. The highest BCUT2D eigenvalue weighted by Crippen LogP contribution is 2.37. The van der Waals surface area contributed by atoms with Crippen LogP contribution in [0, 0.1) is 5.92 Å². The largest absolute Gasteiger partial charge is 0.487 e. The number of rotatable bonds is 3. The highest BCUT2D eigenvalue weighted by Gasteiger charge is 2.31. The van der Waals surface area contributed by atoms with Crippen molar-refractivity contribution in [3.05, 3.63) is 29.3 Å². The second-order valence-electron chi connectivity index (χ2n) is 7.46. The van der Waals surface area contributed by atoms with Crippen molar-refractivity contribution in [2.24, 2.45) is 5.92 Å². The number of nitrogens with zero attached hydrogens (tertiary/aromatic N) is 1. The van der Waals surface area contributed by atoms with Crippen molar-refractivity contribution in [2.45, 2.75) is 51.8 Å². The Hall–Kier alpha value is -1.06. The lowest BCUT2D eigenvalue weighted by Gasteiger charge is -2.35. The molecule has 0 amide bonds. The smallest absolute Gasteiger partial charge is 0.127 e. The lowest BCUT2D eigenvalue weighted by molar-refractivity contribution is 0.136. The Morgan fingerprint density at radius 2 is 2.19 bits per heavy atom. The van der Waals surface area contributed by atoms with E-state index >= 15 is 0 Å². The highest BCUT2D eigenvalue weighted by molar-refractivity contribution is 5.45. The van der Waals surface area contributed by atoms with Gasteiger partial charge in [-0.2, -0.15) is 0 Å². The predicted molar refractivity (Wildman–Crippen MR) is 86.8 cm³/mol. The second kappa shape index (κ2) is 5.62. The summed E-state index contributed by atoms with van der Waals surface area (Å²) in [5.41, 5.74) is 2.61. The molecule has 0 radical (unpaired) electrons. The summed E-state index contributed by atoms with van der Waals surface area (Å²) in [5.74, 6) is 1.83. The molecule has 2 atom stereocenters. The normalized spacial score (nSPS) is 28.2. The van der Waals surface area contributed by atoms with E-state index in [2.05, 4.69) is 56.2 Å². The van der Waals surface area contributed by atoms with Gasteiger partial charge in [0, 0.05) is 31.1 Å². The Labute approximate surface area is 128 Å². The maximum Gasteiger partial charge on any atom is 0.127 e. The van der Waals surface area contributed by atoms with Gasteiger partial charge in [0.1, 0.15) is 11.4 Å². The van der Waals surface area contributed by atoms with Crippen LogP contribution >= 0.6 is 0 Å². The molecule has 0 aliphatic carbocycles. The molecule has 2 aliphatic rings. The summed E-state index contributed by atoms with van der Waals surface area (Å²) in [6.07, 6.45) is 2.25. The van der Waals surface area contributed by atoms with Gasteiger partial charge >= 0.3 is 0 Å². The Morgan fingerprint density at radius 3 is 2.95 bits per heavy atom. The Kier molecular flexibility index (Phi) is 3.98. The van der Waals surface area contributed by atoms with Crippen LogP contribution < -0.4 is 10.1 Å². The molecule has 3 heteroatoms. The Balaban J connectivity index is 1.66. The van der Waals surface area contributed by atoms with E-state index in [1.165, 1.54) is 30.6 Å². The zero-order chi connectivity index (χ0) is 15.0. The molecule has 2 heterocycles. The average Bonchev–Trinajstić information content (AvgIpc) is 2.72. The lowest BCUT2D eigenvalue weighted by atomic mass is 9.94. The van der Waals surface area contributed by atoms with E-state index in [1.54, 1.807) is 0 Å². The van der Waals surface area contributed by atoms with Crippen LogP contribution in [0.2, 0.25) is 0 Å². The van der Waals surface area contributed by atoms with Crippen LogP contribution in [-0.2, 0) is 13.0 Å². The minimum atomic E-state index is -0.0563. The number of benzene rings is 1. The summed E-state index contributed by atoms with van der Waals surface area (Å²) in [4.78, 5) is 2.43. The summed E-state index contributed by atoms with van der Waals surface area (Å²) in [6, 6.07) is 7.18. The van der Waals surface area contributed by atoms with Crippen LogP contribution in [0.5, 0.6) is 5.75 Å². The first-order chi connectivity index (χ1) is 9.94. The molecule has 1 saturated heterocycles. The zero-order valence-corrected chi connectivity index (χ0v) is 13.8. The molecule has 21 heavy (non-hydrogen) atoms. The van der Waals surface area contributed by atoms with Gasteiger partial charge in [-0.1, -0.05) is 25.1 Å². The van der Waals surface area contributed by atoms with E-state index in [9.17, 15) is 0 Å². The van der Waals surface area contributed by atoms with Crippen molar-refractivity contribution >= 4 is 0 Å². The minimum Gasteiger partial charge on any atom is -0.487 e. The van der Waals surface area contributed by atoms with Crippen molar-refractivity contribution in [1.82, 2.24) is 10.2 Å². The number of para-hydroxylation sites is 1. The van der Waals surface area contributed by atoms with Crippen molar-refractivity contribution in [3.63, 3.8) is 0 Å². The fourth-order valence-corrected chi connectivity index (χ4v) is 3.72. The molecule has 3 nitrogen and oxygen atoms in total. The van der Waals surface area contributed by atoms with Gasteiger partial charge < -0.3 is 15.0 Å². The third-order valence-electron chi connectivity index (χ3n) is 4.84. The second-order valence-corrected chi connectivity index (χ2v) is 7.46. The van der Waals surface area contributed by atoms with Crippen molar-refractivity contribution in [2.75, 3.05) is 20.1 Å². The number of likely N-dealkylation sites (tertiary alicyclic amines) is 1. The molecule has 116 valence electrons. The maximum absolute atomic E-state index is 6.16. The lowest BCUT2D eigenvalue weighted by Crippen LogP contribution is -2.46. The summed E-state index contributed by atoms with van der Waals surface area (Å²) < 4.78 is 6.16. The van der Waals surface area contributed by atoms with Gasteiger partial charge in [-0.3, -0.25) is 0 Å². The zero-order valence-electron chi connectivity index (χ0n) is 13.8. The van der Waals surface area contributed by atoms with E-state index in [4.69, 9.17) is 4.74 Å². The van der Waals surface area contributed by atoms with Gasteiger partial charge in [0.25, 0.3) is 0 Å². The summed E-state index contributed by atoms with van der Waals surface area (Å²) in [5, 5.41) is 3.76. The van der Waals surface area contributed by atoms with Crippen LogP contribution in [0.25, 0.3) is 0 Å². The number of ether oxygens (including phenoxy) is 1. The first-order valence-corrected chi connectivity index (χ1v) is 8.16. The molecule has 2 aliphatic heterocycles. The number of hydrogen-bond acceptors (Lipinski definition) is 3. The van der Waals surface area contributed by atoms with E-state index < -0.39 is 0 Å². The molecule has 0 spiro atoms. The van der Waals surface area contributed by atoms with Gasteiger partial charge in [0.05, 0.1) is 0 Å². The molecular weight excluding hydrogens is 260 g/mol. The van der Waals surface area contributed by atoms with Crippen LogP contribution in [0.1, 0.15) is 38.3 Å². The first-order valence-electron chi connectivity index (χ1n) is 8.16. The average molecular weight is 288 g/mol. The molecule has 1 N–H and O–H groups in total. The van der Waals surface area contributed by atoms with Crippen LogP contribution in [0.15, 0.2) is 18.2 Å². The van der Waals surface area contributed by atoms with Crippen LogP contribution in [0.4, 0.5) is 0 Å². The molecular formula is C18H28N2O. The van der Waals surface area contributed by atoms with Gasteiger partial charge in [-0.05, 0) is 45.3 Å². The van der Waals surface area contributed by atoms with Crippen LogP contribution in [-0.4, -0.2) is 36.7 Å². The van der Waals surface area contributed by atoms with Gasteiger partial charge in [-0.15, -0.1) is 0 Å². The van der Waals surface area contributed by atoms with Crippen LogP contribution in [0.3, 0.4) is 0 Å². The van der Waals surface area contributed by atoms with Crippen molar-refractivity contribution in [3.8, 4) is 5.75 Å². The van der Waals surface area contributed by atoms with E-state index in [-0.39, 0.29) is 5.60 Å². The molecule has 1 aromatic rings. The summed E-state index contributed by atoms with van der Waals surface area (Å²) in [6.45, 7) is 9.99. The highest BCUT2D eigenvalue weighted by atomic mass is 16.5. The fourth-order valence-electron chi connectivity index (χ4n) is 3.72. The molecule has 0 aromatic heterocycles. The van der Waals surface area contributed by atoms with E-state index in [0.717, 1.165) is 18.7 Å². The molecule has 3 rings (SSSR count). The number of piperidine rings is 1. The predicted octanol–water partition coefficient (Wildman–Crippen LogP) is 2.83. The summed E-state index contributed by atoms with van der Waals surface area (Å²) in [7, 11) is 2.21. The first kappa shape index (κ1) is 14.9. The maximum atomic E-state index is 6.16. The third kappa shape index (κ3) is 3.24. The SMILES string of the molecule is CC1CN(C)CCC1NCc1cccc2c1OC(C)(C)C2. The van der Waals surface area contributed by atoms with E-state index in [0.29, 0.717) is 12.0 Å². The molecule has 0 bridgehead atoms. The van der Waals surface area contributed by atoms with Gasteiger partial charge in [0.2, 0.25) is 0 Å². The summed E-state index contributed by atoms with van der Waals surface area (Å²) >= 11 is 0. The van der Waals surface area contributed by atoms with Gasteiger partial charge in [-0.25, -0.2) is 0 Å². The Bertz CT molecular complexity index is 512. The Morgan fingerprint density at radius 1 is 1.38 bits per heavy atom. The molecule has 1 aromatic carbocycles. The quantitative estimate of drug-likeness (QED) is 0.925. The third-order valence-corrected chi connectivity index (χ3v) is 4.84. The number of fused-ring (bicyclic) bond motifs is 1. The fraction of sp³-hybridized carbons (Fsp3) is 0.667. The van der Waals surface area contributed by atoms with Crippen molar-refractivity contribution < 1.29 is 4.74 Å². The molecule has 2 unspecified atom stereocenters. The van der Waals surface area contributed by atoms with Crippen molar-refractivity contribution in [1.29, 1.82) is 0 Å². The topological polar surface area (TPSA) is 24.5 Å².